The van der Waals surface area contributed by atoms with E-state index in [4.69, 9.17) is 11.6 Å². The predicted molar refractivity (Wildman–Crippen MR) is 57.0 cm³/mol. The van der Waals surface area contributed by atoms with Crippen molar-refractivity contribution < 1.29 is 14.3 Å². The van der Waals surface area contributed by atoms with Crippen molar-refractivity contribution in [2.75, 3.05) is 13.2 Å². The van der Waals surface area contributed by atoms with Crippen molar-refractivity contribution in [3.63, 3.8) is 0 Å². The summed E-state index contributed by atoms with van der Waals surface area (Å²) >= 11 is 5.85. The fourth-order valence-corrected chi connectivity index (χ4v) is 1.54. The van der Waals surface area contributed by atoms with E-state index >= 15 is 0 Å². The van der Waals surface area contributed by atoms with E-state index in [1.165, 1.54) is 0 Å². The fourth-order valence-electron chi connectivity index (χ4n) is 1.32. The Morgan fingerprint density at radius 1 is 1.44 bits per heavy atom. The van der Waals surface area contributed by atoms with Gasteiger partial charge in [-0.3, -0.25) is 10.2 Å². The van der Waals surface area contributed by atoms with Crippen molar-refractivity contribution in [2.24, 2.45) is 0 Å². The summed E-state index contributed by atoms with van der Waals surface area (Å²) in [7, 11) is 0. The molecule has 6 heteroatoms. The highest BCUT2D eigenvalue weighted by Crippen LogP contribution is 2.14. The molecule has 1 aromatic carbocycles. The molecule has 0 aliphatic carbocycles. The first-order valence-electron chi connectivity index (χ1n) is 4.68. The summed E-state index contributed by atoms with van der Waals surface area (Å²) in [5.74, 6) is -0.426. The van der Waals surface area contributed by atoms with E-state index in [9.17, 15) is 9.59 Å². The quantitative estimate of drug-likeness (QED) is 0.851. The van der Waals surface area contributed by atoms with Crippen LogP contribution in [0.25, 0.3) is 0 Å². The summed E-state index contributed by atoms with van der Waals surface area (Å²) in [4.78, 5) is 22.8. The minimum absolute atomic E-state index is 0.279. The number of hydrogen-bond donors (Lipinski definition) is 1. The standard InChI is InChI=1S/C10H9ClN2O3/c11-8-4-2-1-3-7(8)9(14)12-13-5-6-16-10(13)15/h1-4H,5-6H2,(H,12,14). The van der Waals surface area contributed by atoms with Crippen molar-refractivity contribution in [1.29, 1.82) is 0 Å². The molecule has 84 valence electrons. The van der Waals surface area contributed by atoms with Crippen molar-refractivity contribution in [2.45, 2.75) is 0 Å². The van der Waals surface area contributed by atoms with Crippen molar-refractivity contribution in [3.8, 4) is 0 Å². The lowest BCUT2D eigenvalue weighted by Gasteiger charge is -2.14. The topological polar surface area (TPSA) is 58.6 Å². The molecule has 2 amide bonds. The molecule has 0 bridgehead atoms. The smallest absolute Gasteiger partial charge is 0.428 e. The number of rotatable bonds is 2. The Morgan fingerprint density at radius 3 is 2.81 bits per heavy atom. The zero-order chi connectivity index (χ0) is 11.5. The summed E-state index contributed by atoms with van der Waals surface area (Å²) in [6.07, 6.45) is -0.555. The molecule has 16 heavy (non-hydrogen) atoms. The van der Waals surface area contributed by atoms with Crippen molar-refractivity contribution >= 4 is 23.6 Å². The summed E-state index contributed by atoms with van der Waals surface area (Å²) in [6.45, 7) is 0.622. The molecule has 2 rings (SSSR count). The van der Waals surface area contributed by atoms with Gasteiger partial charge in [-0.1, -0.05) is 23.7 Å². The SMILES string of the molecule is O=C(NN1CCOC1=O)c1ccccc1Cl. The average Bonchev–Trinajstić information content (AvgIpc) is 2.65. The van der Waals surface area contributed by atoms with Crippen LogP contribution in [0.3, 0.4) is 0 Å². The maximum absolute atomic E-state index is 11.7. The van der Waals surface area contributed by atoms with E-state index in [0.717, 1.165) is 5.01 Å². The van der Waals surface area contributed by atoms with E-state index in [1.54, 1.807) is 24.3 Å². The lowest BCUT2D eigenvalue weighted by atomic mass is 10.2. The molecule has 1 N–H and O–H groups in total. The van der Waals surface area contributed by atoms with Gasteiger partial charge in [0.15, 0.2) is 0 Å². The zero-order valence-corrected chi connectivity index (χ0v) is 9.03. The third-order valence-corrected chi connectivity index (χ3v) is 2.45. The van der Waals surface area contributed by atoms with Gasteiger partial charge in [-0.2, -0.15) is 0 Å². The maximum atomic E-state index is 11.7. The summed E-state index contributed by atoms with van der Waals surface area (Å²) in [6, 6.07) is 6.62. The number of carbonyl (C=O) groups excluding carboxylic acids is 2. The molecule has 0 unspecified atom stereocenters. The van der Waals surface area contributed by atoms with E-state index in [-0.39, 0.29) is 6.61 Å². The lowest BCUT2D eigenvalue weighted by molar-refractivity contribution is 0.0832. The number of benzene rings is 1. The normalized spacial score (nSPS) is 14.8. The molecule has 1 saturated heterocycles. The molecule has 1 aliphatic rings. The Morgan fingerprint density at radius 2 is 2.19 bits per heavy atom. The van der Waals surface area contributed by atoms with Crippen LogP contribution >= 0.6 is 11.6 Å². The summed E-state index contributed by atoms with van der Waals surface area (Å²) < 4.78 is 4.67. The molecule has 1 aromatic rings. The highest BCUT2D eigenvalue weighted by molar-refractivity contribution is 6.33. The van der Waals surface area contributed by atoms with E-state index in [2.05, 4.69) is 10.2 Å². The third-order valence-electron chi connectivity index (χ3n) is 2.12. The number of hydrogen-bond acceptors (Lipinski definition) is 3. The van der Waals surface area contributed by atoms with Gasteiger partial charge >= 0.3 is 6.09 Å². The minimum Gasteiger partial charge on any atom is -0.446 e. The molecule has 0 radical (unpaired) electrons. The Bertz CT molecular complexity index is 436. The van der Waals surface area contributed by atoms with E-state index in [1.807, 2.05) is 0 Å². The minimum atomic E-state index is -0.555. The highest BCUT2D eigenvalue weighted by Gasteiger charge is 2.24. The van der Waals surface area contributed by atoms with Gasteiger partial charge in [-0.05, 0) is 12.1 Å². The van der Waals surface area contributed by atoms with Gasteiger partial charge < -0.3 is 4.74 Å². The molecule has 0 spiro atoms. The van der Waals surface area contributed by atoms with Crippen LogP contribution in [0, 0.1) is 0 Å². The number of carbonyl (C=O) groups is 2. The number of halogens is 1. The van der Waals surface area contributed by atoms with Crippen LogP contribution in [0.2, 0.25) is 5.02 Å². The molecule has 0 aromatic heterocycles. The first-order chi connectivity index (χ1) is 7.68. The maximum Gasteiger partial charge on any atom is 0.428 e. The number of hydrazine groups is 1. The first kappa shape index (κ1) is 10.8. The number of nitrogens with one attached hydrogen (secondary N) is 1. The largest absolute Gasteiger partial charge is 0.446 e. The van der Waals surface area contributed by atoms with Crippen LogP contribution in [0.5, 0.6) is 0 Å². The van der Waals surface area contributed by atoms with Gasteiger partial charge in [0, 0.05) is 0 Å². The van der Waals surface area contributed by atoms with Gasteiger partial charge in [0.2, 0.25) is 0 Å². The highest BCUT2D eigenvalue weighted by atomic mass is 35.5. The van der Waals surface area contributed by atoms with Gasteiger partial charge in [0.05, 0.1) is 17.1 Å². The molecule has 1 heterocycles. The van der Waals surface area contributed by atoms with Crippen molar-refractivity contribution in [1.82, 2.24) is 10.4 Å². The number of ether oxygens (including phenoxy) is 1. The second-order valence-electron chi connectivity index (χ2n) is 3.19. The van der Waals surface area contributed by atoms with Gasteiger partial charge in [0.25, 0.3) is 5.91 Å². The predicted octanol–water partition coefficient (Wildman–Crippen LogP) is 1.44. The van der Waals surface area contributed by atoms with Crippen LogP contribution in [0.4, 0.5) is 4.79 Å². The van der Waals surface area contributed by atoms with Crippen LogP contribution in [0.15, 0.2) is 24.3 Å². The number of cyclic esters (lactones) is 1. The monoisotopic (exact) mass is 240 g/mol. The second kappa shape index (κ2) is 4.40. The van der Waals surface area contributed by atoms with Gasteiger partial charge in [-0.25, -0.2) is 9.80 Å². The lowest BCUT2D eigenvalue weighted by Crippen LogP contribution is -2.42. The third kappa shape index (κ3) is 2.09. The van der Waals surface area contributed by atoms with Crippen LogP contribution in [-0.4, -0.2) is 30.2 Å². The Kier molecular flexibility index (Phi) is 2.96. The summed E-state index contributed by atoms with van der Waals surface area (Å²) in [5.41, 5.74) is 2.74. The molecule has 0 atom stereocenters. The zero-order valence-electron chi connectivity index (χ0n) is 8.27. The van der Waals surface area contributed by atoms with Gasteiger partial charge in [0.1, 0.15) is 6.61 Å². The van der Waals surface area contributed by atoms with Gasteiger partial charge in [-0.15, -0.1) is 0 Å². The van der Waals surface area contributed by atoms with Crippen molar-refractivity contribution in [3.05, 3.63) is 34.9 Å². The first-order valence-corrected chi connectivity index (χ1v) is 5.06. The molecule has 1 fully saturated rings. The Hall–Kier alpha value is -1.75. The average molecular weight is 241 g/mol. The second-order valence-corrected chi connectivity index (χ2v) is 3.59. The molecule has 1 aliphatic heterocycles. The number of amides is 2. The fraction of sp³-hybridized carbons (Fsp3) is 0.200. The Balaban J connectivity index is 2.09. The molecular weight excluding hydrogens is 232 g/mol. The number of nitrogens with zero attached hydrogens (tertiary/aromatic N) is 1. The van der Waals surface area contributed by atoms with E-state index < -0.39 is 12.0 Å². The van der Waals surface area contributed by atoms with Crippen LogP contribution < -0.4 is 5.43 Å². The molecule has 0 saturated carbocycles. The van der Waals surface area contributed by atoms with Crippen LogP contribution in [0.1, 0.15) is 10.4 Å². The van der Waals surface area contributed by atoms with Crippen LogP contribution in [-0.2, 0) is 4.74 Å². The summed E-state index contributed by atoms with van der Waals surface area (Å²) in [5, 5.41) is 1.46. The molecular formula is C10H9ClN2O3. The Labute approximate surface area is 96.9 Å². The molecule has 5 nitrogen and oxygen atoms in total. The van der Waals surface area contributed by atoms with E-state index in [0.29, 0.717) is 17.1 Å².